The SMILES string of the molecule is CCOC(=O)Cc1c(N)n[nH]c1-c1ccccc1. The summed E-state index contributed by atoms with van der Waals surface area (Å²) in [5.41, 5.74) is 8.16. The van der Waals surface area contributed by atoms with Crippen molar-refractivity contribution in [3.8, 4) is 11.3 Å². The molecule has 0 unspecified atom stereocenters. The van der Waals surface area contributed by atoms with Crippen molar-refractivity contribution >= 4 is 11.8 Å². The van der Waals surface area contributed by atoms with Gasteiger partial charge in [-0.25, -0.2) is 0 Å². The molecule has 1 heterocycles. The summed E-state index contributed by atoms with van der Waals surface area (Å²) in [7, 11) is 0. The van der Waals surface area contributed by atoms with E-state index in [0.29, 0.717) is 18.0 Å². The van der Waals surface area contributed by atoms with Crippen molar-refractivity contribution in [2.24, 2.45) is 0 Å². The molecule has 2 aromatic rings. The van der Waals surface area contributed by atoms with Crippen LogP contribution >= 0.6 is 0 Å². The molecule has 0 fully saturated rings. The molecule has 1 aromatic heterocycles. The van der Waals surface area contributed by atoms with Gasteiger partial charge in [0.15, 0.2) is 0 Å². The predicted octanol–water partition coefficient (Wildman–Crippen LogP) is 1.76. The fourth-order valence-corrected chi connectivity index (χ4v) is 1.76. The summed E-state index contributed by atoms with van der Waals surface area (Å²) in [6.07, 6.45) is 0.125. The van der Waals surface area contributed by atoms with Gasteiger partial charge in [0.25, 0.3) is 0 Å². The zero-order valence-electron chi connectivity index (χ0n) is 10.1. The smallest absolute Gasteiger partial charge is 0.310 e. The topological polar surface area (TPSA) is 81.0 Å². The van der Waals surface area contributed by atoms with Crippen molar-refractivity contribution in [3.05, 3.63) is 35.9 Å². The van der Waals surface area contributed by atoms with Gasteiger partial charge in [0.05, 0.1) is 18.7 Å². The maximum Gasteiger partial charge on any atom is 0.310 e. The average Bonchev–Trinajstić information content (AvgIpc) is 2.73. The minimum Gasteiger partial charge on any atom is -0.466 e. The van der Waals surface area contributed by atoms with E-state index in [4.69, 9.17) is 10.5 Å². The van der Waals surface area contributed by atoms with Crippen LogP contribution in [0, 0.1) is 0 Å². The molecule has 0 spiro atoms. The lowest BCUT2D eigenvalue weighted by atomic mass is 10.1. The standard InChI is InChI=1S/C13H15N3O2/c1-2-18-11(17)8-10-12(15-16-13(10)14)9-6-4-3-5-7-9/h3-7H,2,8H2,1H3,(H3,14,15,16). The number of benzene rings is 1. The fourth-order valence-electron chi connectivity index (χ4n) is 1.76. The monoisotopic (exact) mass is 245 g/mol. The van der Waals surface area contributed by atoms with Gasteiger partial charge in [-0.1, -0.05) is 30.3 Å². The van der Waals surface area contributed by atoms with Crippen LogP contribution in [0.2, 0.25) is 0 Å². The van der Waals surface area contributed by atoms with Crippen molar-refractivity contribution < 1.29 is 9.53 Å². The largest absolute Gasteiger partial charge is 0.466 e. The number of aromatic amines is 1. The average molecular weight is 245 g/mol. The molecule has 3 N–H and O–H groups in total. The molecule has 2 rings (SSSR count). The van der Waals surface area contributed by atoms with Crippen molar-refractivity contribution in [3.63, 3.8) is 0 Å². The Balaban J connectivity index is 2.30. The van der Waals surface area contributed by atoms with E-state index in [9.17, 15) is 4.79 Å². The van der Waals surface area contributed by atoms with Crippen LogP contribution in [-0.4, -0.2) is 22.8 Å². The highest BCUT2D eigenvalue weighted by atomic mass is 16.5. The Morgan fingerprint density at radius 3 is 2.78 bits per heavy atom. The Kier molecular flexibility index (Phi) is 3.62. The number of aromatic nitrogens is 2. The number of hydrogen-bond acceptors (Lipinski definition) is 4. The molecule has 0 bridgehead atoms. The maximum absolute atomic E-state index is 11.5. The molecule has 0 saturated heterocycles. The van der Waals surface area contributed by atoms with Gasteiger partial charge >= 0.3 is 5.97 Å². The second-order valence-electron chi connectivity index (χ2n) is 3.81. The van der Waals surface area contributed by atoms with Crippen molar-refractivity contribution in [1.82, 2.24) is 10.2 Å². The number of carbonyl (C=O) groups is 1. The van der Waals surface area contributed by atoms with E-state index in [-0.39, 0.29) is 12.4 Å². The molecule has 0 atom stereocenters. The molecule has 5 nitrogen and oxygen atoms in total. The van der Waals surface area contributed by atoms with Crippen LogP contribution in [0.15, 0.2) is 30.3 Å². The number of nitrogens with one attached hydrogen (secondary N) is 1. The van der Waals surface area contributed by atoms with Crippen molar-refractivity contribution in [1.29, 1.82) is 0 Å². The molecule has 0 amide bonds. The van der Waals surface area contributed by atoms with Crippen LogP contribution in [0.1, 0.15) is 12.5 Å². The number of anilines is 1. The third kappa shape index (κ3) is 2.51. The van der Waals surface area contributed by atoms with E-state index in [1.165, 1.54) is 0 Å². The minimum atomic E-state index is -0.303. The number of nitrogens with two attached hydrogens (primary N) is 1. The summed E-state index contributed by atoms with van der Waals surface area (Å²) >= 11 is 0. The quantitative estimate of drug-likeness (QED) is 0.804. The Morgan fingerprint density at radius 1 is 1.39 bits per heavy atom. The highest BCUT2D eigenvalue weighted by Gasteiger charge is 2.16. The molecular weight excluding hydrogens is 230 g/mol. The summed E-state index contributed by atoms with van der Waals surface area (Å²) in [4.78, 5) is 11.5. The van der Waals surface area contributed by atoms with E-state index in [1.807, 2.05) is 30.3 Å². The van der Waals surface area contributed by atoms with E-state index in [1.54, 1.807) is 6.92 Å². The first kappa shape index (κ1) is 12.2. The predicted molar refractivity (Wildman–Crippen MR) is 68.8 cm³/mol. The lowest BCUT2D eigenvalue weighted by Gasteiger charge is -2.04. The molecule has 0 aliphatic carbocycles. The summed E-state index contributed by atoms with van der Waals surface area (Å²) in [6, 6.07) is 9.62. The number of rotatable bonds is 4. The van der Waals surface area contributed by atoms with Gasteiger partial charge in [-0.15, -0.1) is 0 Å². The Morgan fingerprint density at radius 2 is 2.11 bits per heavy atom. The van der Waals surface area contributed by atoms with Gasteiger partial charge in [0.1, 0.15) is 5.82 Å². The van der Waals surface area contributed by atoms with Gasteiger partial charge < -0.3 is 10.5 Å². The van der Waals surface area contributed by atoms with Gasteiger partial charge in [-0.05, 0) is 12.5 Å². The van der Waals surface area contributed by atoms with Crippen LogP contribution in [0.25, 0.3) is 11.3 Å². The van der Waals surface area contributed by atoms with Crippen LogP contribution in [0.3, 0.4) is 0 Å². The second-order valence-corrected chi connectivity index (χ2v) is 3.81. The molecule has 5 heteroatoms. The molecule has 0 aliphatic heterocycles. The van der Waals surface area contributed by atoms with Gasteiger partial charge in [0, 0.05) is 5.56 Å². The number of H-pyrrole nitrogens is 1. The molecule has 1 aromatic carbocycles. The lowest BCUT2D eigenvalue weighted by molar-refractivity contribution is -0.142. The second kappa shape index (κ2) is 5.35. The highest BCUT2D eigenvalue weighted by molar-refractivity contribution is 5.79. The zero-order valence-corrected chi connectivity index (χ0v) is 10.1. The summed E-state index contributed by atoms with van der Waals surface area (Å²) in [6.45, 7) is 2.13. The Labute approximate surface area is 105 Å². The first-order valence-corrected chi connectivity index (χ1v) is 5.76. The normalized spacial score (nSPS) is 10.3. The van der Waals surface area contributed by atoms with Crippen LogP contribution in [0.5, 0.6) is 0 Å². The van der Waals surface area contributed by atoms with Crippen molar-refractivity contribution in [2.75, 3.05) is 12.3 Å². The summed E-state index contributed by atoms with van der Waals surface area (Å²) < 4.78 is 4.92. The first-order valence-electron chi connectivity index (χ1n) is 5.76. The van der Waals surface area contributed by atoms with Gasteiger partial charge in [-0.2, -0.15) is 5.10 Å². The fraction of sp³-hybridized carbons (Fsp3) is 0.231. The van der Waals surface area contributed by atoms with Crippen LogP contribution in [-0.2, 0) is 16.0 Å². The third-order valence-electron chi connectivity index (χ3n) is 2.59. The molecular formula is C13H15N3O2. The molecule has 18 heavy (non-hydrogen) atoms. The van der Waals surface area contributed by atoms with Crippen LogP contribution in [0.4, 0.5) is 5.82 Å². The number of carbonyl (C=O) groups excluding carboxylic acids is 1. The van der Waals surface area contributed by atoms with Gasteiger partial charge in [0.2, 0.25) is 0 Å². The first-order chi connectivity index (χ1) is 8.72. The highest BCUT2D eigenvalue weighted by Crippen LogP contribution is 2.25. The summed E-state index contributed by atoms with van der Waals surface area (Å²) in [5.74, 6) is 0.0321. The molecule has 0 aliphatic rings. The lowest BCUT2D eigenvalue weighted by Crippen LogP contribution is -2.09. The Hall–Kier alpha value is -2.30. The number of nitrogen functional groups attached to an aromatic ring is 1. The van der Waals surface area contributed by atoms with E-state index in [2.05, 4.69) is 10.2 Å². The molecule has 0 saturated carbocycles. The molecule has 0 radical (unpaired) electrons. The number of hydrogen-bond donors (Lipinski definition) is 2. The number of ether oxygens (including phenoxy) is 1. The van der Waals surface area contributed by atoms with E-state index in [0.717, 1.165) is 11.3 Å². The van der Waals surface area contributed by atoms with Crippen LogP contribution < -0.4 is 5.73 Å². The Bertz CT molecular complexity index is 534. The number of nitrogens with zero attached hydrogens (tertiary/aromatic N) is 1. The minimum absolute atomic E-state index is 0.125. The van der Waals surface area contributed by atoms with E-state index >= 15 is 0 Å². The number of esters is 1. The maximum atomic E-state index is 11.5. The molecule has 94 valence electrons. The summed E-state index contributed by atoms with van der Waals surface area (Å²) in [5, 5.41) is 6.81. The van der Waals surface area contributed by atoms with Crippen molar-refractivity contribution in [2.45, 2.75) is 13.3 Å². The van der Waals surface area contributed by atoms with Gasteiger partial charge in [-0.3, -0.25) is 9.89 Å². The van der Waals surface area contributed by atoms with E-state index < -0.39 is 0 Å². The third-order valence-corrected chi connectivity index (χ3v) is 2.59. The zero-order chi connectivity index (χ0) is 13.0.